The van der Waals surface area contributed by atoms with Crippen LogP contribution < -0.4 is 0 Å². The first kappa shape index (κ1) is 11.9. The number of hydrogen-bond acceptors (Lipinski definition) is 1. The largest absolute Gasteiger partial charge is 0.300 e. The maximum absolute atomic E-state index is 13.0. The molecule has 0 amide bonds. The van der Waals surface area contributed by atoms with Crippen LogP contribution in [0.4, 0.5) is 4.39 Å². The Bertz CT molecular complexity index is 378. The lowest BCUT2D eigenvalue weighted by Crippen LogP contribution is -2.27. The molecule has 1 fully saturated rings. The van der Waals surface area contributed by atoms with Gasteiger partial charge in [0, 0.05) is 12.6 Å². The zero-order valence-corrected chi connectivity index (χ0v) is 10.5. The topological polar surface area (TPSA) is 3.24 Å². The minimum absolute atomic E-state index is 0.237. The van der Waals surface area contributed by atoms with Crippen molar-refractivity contribution in [3.63, 3.8) is 0 Å². The van der Waals surface area contributed by atoms with Gasteiger partial charge in [-0.15, -0.1) is 0 Å². The van der Waals surface area contributed by atoms with E-state index >= 15 is 0 Å². The highest BCUT2D eigenvalue weighted by Gasteiger charge is 2.25. The molecule has 16 heavy (non-hydrogen) atoms. The van der Waals surface area contributed by atoms with Crippen LogP contribution in [0.25, 0.3) is 0 Å². The predicted molar refractivity (Wildman–Crippen MR) is 65.5 cm³/mol. The van der Waals surface area contributed by atoms with Gasteiger partial charge in [0.05, 0.1) is 5.02 Å². The molecular weight excluding hydrogens is 225 g/mol. The highest BCUT2D eigenvalue weighted by Crippen LogP contribution is 2.30. The number of likely N-dealkylation sites (tertiary alicyclic amines) is 1. The second-order valence-electron chi connectivity index (χ2n) is 4.75. The third-order valence-corrected chi connectivity index (χ3v) is 3.65. The monoisotopic (exact) mass is 241 g/mol. The maximum atomic E-state index is 13.0. The van der Waals surface area contributed by atoms with Crippen LogP contribution in [-0.2, 0) is 0 Å². The average Bonchev–Trinajstić information content (AvgIpc) is 2.71. The van der Waals surface area contributed by atoms with Gasteiger partial charge in [0.2, 0.25) is 0 Å². The van der Waals surface area contributed by atoms with Crippen molar-refractivity contribution >= 4 is 11.6 Å². The Morgan fingerprint density at radius 2 is 2.19 bits per heavy atom. The fourth-order valence-corrected chi connectivity index (χ4v) is 2.48. The molecule has 1 atom stereocenters. The fourth-order valence-electron chi connectivity index (χ4n) is 2.29. The summed E-state index contributed by atoms with van der Waals surface area (Å²) in [5, 5.41) is 0.237. The van der Waals surface area contributed by atoms with E-state index in [1.54, 1.807) is 6.07 Å². The zero-order chi connectivity index (χ0) is 11.7. The third-order valence-electron chi connectivity index (χ3n) is 3.37. The van der Waals surface area contributed by atoms with Crippen LogP contribution in [0.3, 0.4) is 0 Å². The molecule has 2 rings (SSSR count). The molecule has 1 saturated heterocycles. The van der Waals surface area contributed by atoms with Crippen LogP contribution in [-0.4, -0.2) is 24.0 Å². The lowest BCUT2D eigenvalue weighted by atomic mass is 9.98. The Hall–Kier alpha value is -0.600. The molecular formula is C13H17ClFN. The molecule has 0 radical (unpaired) electrons. The number of nitrogens with zero attached hydrogens (tertiary/aromatic N) is 1. The molecule has 1 nitrogen and oxygen atoms in total. The highest BCUT2D eigenvalue weighted by molar-refractivity contribution is 6.30. The Balaban J connectivity index is 2.11. The summed E-state index contributed by atoms with van der Waals surface area (Å²) in [6.07, 6.45) is 1.14. The first-order valence-electron chi connectivity index (χ1n) is 5.77. The Labute approximate surface area is 101 Å². The Morgan fingerprint density at radius 3 is 2.75 bits per heavy atom. The SMILES string of the molecule is CC(C)N1CCC(c2ccc(F)c(Cl)c2)C1. The Kier molecular flexibility index (Phi) is 3.50. The van der Waals surface area contributed by atoms with Gasteiger partial charge >= 0.3 is 0 Å². The van der Waals surface area contributed by atoms with Gasteiger partial charge in [-0.05, 0) is 50.4 Å². The van der Waals surface area contributed by atoms with Gasteiger partial charge in [-0.1, -0.05) is 17.7 Å². The predicted octanol–water partition coefficient (Wildman–Crippen LogP) is 3.68. The van der Waals surface area contributed by atoms with E-state index in [4.69, 9.17) is 11.6 Å². The van der Waals surface area contributed by atoms with E-state index < -0.39 is 0 Å². The highest BCUT2D eigenvalue weighted by atomic mass is 35.5. The van der Waals surface area contributed by atoms with E-state index in [1.165, 1.54) is 6.07 Å². The van der Waals surface area contributed by atoms with Crippen LogP contribution in [0.2, 0.25) is 5.02 Å². The van der Waals surface area contributed by atoms with Crippen molar-refractivity contribution < 1.29 is 4.39 Å². The van der Waals surface area contributed by atoms with Crippen molar-refractivity contribution in [1.82, 2.24) is 4.90 Å². The van der Waals surface area contributed by atoms with Crippen molar-refractivity contribution in [2.75, 3.05) is 13.1 Å². The van der Waals surface area contributed by atoms with Crippen molar-refractivity contribution in [2.24, 2.45) is 0 Å². The molecule has 3 heteroatoms. The Morgan fingerprint density at radius 1 is 1.44 bits per heavy atom. The van der Waals surface area contributed by atoms with E-state index in [-0.39, 0.29) is 10.8 Å². The molecule has 0 N–H and O–H groups in total. The quantitative estimate of drug-likeness (QED) is 0.764. The lowest BCUT2D eigenvalue weighted by Gasteiger charge is -2.20. The average molecular weight is 242 g/mol. The van der Waals surface area contributed by atoms with Gasteiger partial charge in [0.25, 0.3) is 0 Å². The summed E-state index contributed by atoms with van der Waals surface area (Å²) in [5.74, 6) is 0.171. The van der Waals surface area contributed by atoms with E-state index in [2.05, 4.69) is 18.7 Å². The smallest absolute Gasteiger partial charge is 0.141 e. The van der Waals surface area contributed by atoms with E-state index in [0.29, 0.717) is 12.0 Å². The molecule has 0 saturated carbocycles. The second-order valence-corrected chi connectivity index (χ2v) is 5.16. The van der Waals surface area contributed by atoms with Crippen LogP contribution in [0.1, 0.15) is 31.7 Å². The third kappa shape index (κ3) is 2.38. The van der Waals surface area contributed by atoms with Crippen molar-refractivity contribution in [2.45, 2.75) is 32.2 Å². The standard InChI is InChI=1S/C13H17ClFN/c1-9(2)16-6-5-11(8-16)10-3-4-13(15)12(14)7-10/h3-4,7,9,11H,5-6,8H2,1-2H3. The molecule has 1 aliphatic rings. The first-order chi connectivity index (χ1) is 7.58. The van der Waals surface area contributed by atoms with E-state index in [0.717, 1.165) is 25.1 Å². The minimum Gasteiger partial charge on any atom is -0.300 e. The van der Waals surface area contributed by atoms with Gasteiger partial charge in [0.15, 0.2) is 0 Å². The molecule has 0 spiro atoms. The second kappa shape index (κ2) is 4.72. The van der Waals surface area contributed by atoms with E-state index in [1.807, 2.05) is 6.07 Å². The van der Waals surface area contributed by atoms with Crippen LogP contribution in [0.5, 0.6) is 0 Å². The molecule has 1 heterocycles. The summed E-state index contributed by atoms with van der Waals surface area (Å²) < 4.78 is 13.0. The summed E-state index contributed by atoms with van der Waals surface area (Å²) in [5.41, 5.74) is 1.16. The van der Waals surface area contributed by atoms with Crippen LogP contribution in [0.15, 0.2) is 18.2 Å². The first-order valence-corrected chi connectivity index (χ1v) is 6.14. The normalized spacial score (nSPS) is 21.9. The molecule has 88 valence electrons. The van der Waals surface area contributed by atoms with Gasteiger partial charge in [0.1, 0.15) is 5.82 Å². The number of rotatable bonds is 2. The van der Waals surface area contributed by atoms with Crippen LogP contribution >= 0.6 is 11.6 Å². The zero-order valence-electron chi connectivity index (χ0n) is 9.71. The fraction of sp³-hybridized carbons (Fsp3) is 0.538. The van der Waals surface area contributed by atoms with Gasteiger partial charge in [-0.2, -0.15) is 0 Å². The van der Waals surface area contributed by atoms with Gasteiger partial charge in [-0.25, -0.2) is 4.39 Å². The van der Waals surface area contributed by atoms with Gasteiger partial charge < -0.3 is 4.90 Å². The minimum atomic E-state index is -0.330. The summed E-state index contributed by atoms with van der Waals surface area (Å²) in [6.45, 7) is 6.59. The van der Waals surface area contributed by atoms with E-state index in [9.17, 15) is 4.39 Å². The lowest BCUT2D eigenvalue weighted by molar-refractivity contribution is 0.272. The summed E-state index contributed by atoms with van der Waals surface area (Å²) in [6, 6.07) is 5.68. The molecule has 0 aromatic heterocycles. The number of halogens is 2. The molecule has 1 unspecified atom stereocenters. The van der Waals surface area contributed by atoms with Crippen LogP contribution in [0, 0.1) is 5.82 Å². The molecule has 1 aromatic carbocycles. The summed E-state index contributed by atoms with van der Waals surface area (Å²) in [7, 11) is 0. The summed E-state index contributed by atoms with van der Waals surface area (Å²) in [4.78, 5) is 2.45. The number of hydrogen-bond donors (Lipinski definition) is 0. The molecule has 0 bridgehead atoms. The molecule has 1 aromatic rings. The van der Waals surface area contributed by atoms with Gasteiger partial charge in [-0.3, -0.25) is 0 Å². The summed E-state index contributed by atoms with van der Waals surface area (Å²) >= 11 is 5.80. The number of benzene rings is 1. The maximum Gasteiger partial charge on any atom is 0.141 e. The van der Waals surface area contributed by atoms with Crippen molar-refractivity contribution in [3.05, 3.63) is 34.6 Å². The van der Waals surface area contributed by atoms with Crippen molar-refractivity contribution in [3.8, 4) is 0 Å². The molecule has 1 aliphatic heterocycles. The molecule has 0 aliphatic carbocycles. The van der Waals surface area contributed by atoms with Crippen molar-refractivity contribution in [1.29, 1.82) is 0 Å².